The Kier molecular flexibility index (Phi) is 7.24. The zero-order valence-corrected chi connectivity index (χ0v) is 19.8. The Balaban J connectivity index is 1.33. The van der Waals surface area contributed by atoms with Crippen LogP contribution in [0.5, 0.6) is 0 Å². The molecular formula is C26H31FN4O4. The fraction of sp³-hybridized carbons (Fsp3) is 0.500. The lowest BCUT2D eigenvalue weighted by Gasteiger charge is -2.34. The van der Waals surface area contributed by atoms with E-state index >= 15 is 0 Å². The number of carbonyl (C=O) groups excluding carboxylic acids is 2. The normalized spacial score (nSPS) is 21.0. The highest BCUT2D eigenvalue weighted by Gasteiger charge is 2.37. The quantitative estimate of drug-likeness (QED) is 0.578. The number of benzene rings is 1. The van der Waals surface area contributed by atoms with Crippen molar-refractivity contribution in [3.8, 4) is 0 Å². The van der Waals surface area contributed by atoms with Crippen molar-refractivity contribution in [3.05, 3.63) is 59.8 Å². The topological polar surface area (TPSA) is 78.6 Å². The average molecular weight is 483 g/mol. The summed E-state index contributed by atoms with van der Waals surface area (Å²) in [6.45, 7) is 4.21. The van der Waals surface area contributed by atoms with Crippen molar-refractivity contribution in [1.29, 1.82) is 0 Å². The van der Waals surface area contributed by atoms with Crippen LogP contribution in [0.25, 0.3) is 0 Å². The molecule has 3 heterocycles. The zero-order chi connectivity index (χ0) is 24.2. The molecule has 2 fully saturated rings. The molecule has 5 rings (SSSR count). The summed E-state index contributed by atoms with van der Waals surface area (Å²) >= 11 is 0. The molecule has 0 radical (unpaired) electrons. The van der Waals surface area contributed by atoms with Gasteiger partial charge in [0.2, 0.25) is 5.91 Å². The fourth-order valence-corrected chi connectivity index (χ4v) is 4.76. The van der Waals surface area contributed by atoms with Crippen molar-refractivity contribution < 1.29 is 23.1 Å². The molecule has 2 aromatic rings. The van der Waals surface area contributed by atoms with Crippen LogP contribution in [0.1, 0.15) is 43.0 Å². The summed E-state index contributed by atoms with van der Waals surface area (Å²) in [7, 11) is 0. The van der Waals surface area contributed by atoms with Crippen molar-refractivity contribution in [2.24, 2.45) is 11.0 Å². The number of halogens is 1. The van der Waals surface area contributed by atoms with Gasteiger partial charge in [-0.05, 0) is 42.7 Å². The van der Waals surface area contributed by atoms with Gasteiger partial charge in [0.1, 0.15) is 24.2 Å². The highest BCUT2D eigenvalue weighted by molar-refractivity contribution is 6.03. The Labute approximate surface area is 204 Å². The van der Waals surface area contributed by atoms with Gasteiger partial charge < -0.3 is 14.1 Å². The molecule has 0 bridgehead atoms. The van der Waals surface area contributed by atoms with Gasteiger partial charge >= 0.3 is 0 Å². The highest BCUT2D eigenvalue weighted by atomic mass is 19.1. The summed E-state index contributed by atoms with van der Waals surface area (Å²) in [6, 6.07) is 9.29. The minimum Gasteiger partial charge on any atom is -0.467 e. The lowest BCUT2D eigenvalue weighted by molar-refractivity contribution is -0.146. The molecule has 0 unspecified atom stereocenters. The molecule has 2 amide bonds. The van der Waals surface area contributed by atoms with Crippen LogP contribution in [-0.4, -0.2) is 78.3 Å². The summed E-state index contributed by atoms with van der Waals surface area (Å²) in [4.78, 5) is 30.7. The third kappa shape index (κ3) is 5.46. The third-order valence-corrected chi connectivity index (χ3v) is 7.10. The van der Waals surface area contributed by atoms with Crippen LogP contribution in [0.2, 0.25) is 0 Å². The first-order valence-corrected chi connectivity index (χ1v) is 12.4. The van der Waals surface area contributed by atoms with Gasteiger partial charge in [0.25, 0.3) is 5.91 Å². The van der Waals surface area contributed by atoms with Crippen LogP contribution in [0, 0.1) is 11.7 Å². The molecule has 1 aromatic heterocycles. The van der Waals surface area contributed by atoms with Crippen molar-refractivity contribution in [1.82, 2.24) is 14.8 Å². The maximum absolute atomic E-state index is 13.6. The average Bonchev–Trinajstić information content (AvgIpc) is 3.52. The molecule has 35 heavy (non-hydrogen) atoms. The lowest BCUT2D eigenvalue weighted by Crippen LogP contribution is -2.49. The number of amides is 2. The Morgan fingerprint density at radius 3 is 2.54 bits per heavy atom. The molecule has 1 saturated carbocycles. The van der Waals surface area contributed by atoms with Gasteiger partial charge in [-0.2, -0.15) is 5.10 Å². The lowest BCUT2D eigenvalue weighted by atomic mass is 9.84. The van der Waals surface area contributed by atoms with E-state index in [1.165, 1.54) is 17.1 Å². The van der Waals surface area contributed by atoms with E-state index in [-0.39, 0.29) is 30.1 Å². The number of nitrogens with zero attached hydrogens (tertiary/aromatic N) is 4. The van der Waals surface area contributed by atoms with Gasteiger partial charge in [-0.25, -0.2) is 9.40 Å². The van der Waals surface area contributed by atoms with E-state index < -0.39 is 6.04 Å². The van der Waals surface area contributed by atoms with Crippen LogP contribution in [-0.2, 0) is 14.3 Å². The third-order valence-electron chi connectivity index (χ3n) is 7.10. The van der Waals surface area contributed by atoms with Gasteiger partial charge in [-0.15, -0.1) is 0 Å². The van der Waals surface area contributed by atoms with Gasteiger partial charge in [0, 0.05) is 38.5 Å². The molecule has 1 saturated heterocycles. The smallest absolute Gasteiger partial charge is 0.262 e. The first kappa shape index (κ1) is 23.7. The molecule has 186 valence electrons. The second-order valence-electron chi connectivity index (χ2n) is 9.37. The van der Waals surface area contributed by atoms with E-state index in [4.69, 9.17) is 9.15 Å². The number of furan rings is 1. The van der Waals surface area contributed by atoms with E-state index in [1.54, 1.807) is 29.4 Å². The molecule has 3 aliphatic rings. The number of carbonyl (C=O) groups is 2. The first-order chi connectivity index (χ1) is 17.1. The molecule has 1 aliphatic carbocycles. The Morgan fingerprint density at radius 1 is 1.11 bits per heavy atom. The summed E-state index contributed by atoms with van der Waals surface area (Å²) in [5.74, 6) is 0.107. The van der Waals surface area contributed by atoms with E-state index in [0.717, 1.165) is 37.9 Å². The first-order valence-electron chi connectivity index (χ1n) is 12.4. The molecule has 0 N–H and O–H groups in total. The van der Waals surface area contributed by atoms with Crippen LogP contribution in [0.3, 0.4) is 0 Å². The maximum Gasteiger partial charge on any atom is 0.262 e. The Bertz CT molecular complexity index is 1050. The number of hydrogen-bond acceptors (Lipinski definition) is 6. The van der Waals surface area contributed by atoms with Crippen molar-refractivity contribution >= 4 is 17.5 Å². The number of hydrazone groups is 1. The maximum atomic E-state index is 13.6. The number of ether oxygens (including phenoxy) is 1. The molecule has 0 spiro atoms. The molecular weight excluding hydrogens is 451 g/mol. The van der Waals surface area contributed by atoms with Crippen LogP contribution < -0.4 is 0 Å². The van der Waals surface area contributed by atoms with E-state index in [9.17, 15) is 14.0 Å². The van der Waals surface area contributed by atoms with Gasteiger partial charge in [0.05, 0.1) is 25.2 Å². The molecule has 1 atom stereocenters. The minimum absolute atomic E-state index is 0.00483. The van der Waals surface area contributed by atoms with Crippen LogP contribution >= 0.6 is 0 Å². The second kappa shape index (κ2) is 10.7. The molecule has 8 nitrogen and oxygen atoms in total. The van der Waals surface area contributed by atoms with Crippen LogP contribution in [0.4, 0.5) is 4.39 Å². The number of hydrogen-bond donors (Lipinski definition) is 0. The van der Waals surface area contributed by atoms with Crippen molar-refractivity contribution in [2.45, 2.75) is 31.7 Å². The fourth-order valence-electron chi connectivity index (χ4n) is 4.76. The van der Waals surface area contributed by atoms with Gasteiger partial charge in [-0.3, -0.25) is 14.5 Å². The van der Waals surface area contributed by atoms with E-state index in [2.05, 4.69) is 10.0 Å². The zero-order valence-electron chi connectivity index (χ0n) is 19.8. The monoisotopic (exact) mass is 482 g/mol. The predicted octanol–water partition coefficient (Wildman–Crippen LogP) is 3.06. The summed E-state index contributed by atoms with van der Waals surface area (Å²) in [5.41, 5.74) is 1.44. The molecule has 2 aliphatic heterocycles. The summed E-state index contributed by atoms with van der Waals surface area (Å²) in [5, 5.41) is 6.06. The second-order valence-corrected chi connectivity index (χ2v) is 9.37. The predicted molar refractivity (Wildman–Crippen MR) is 127 cm³/mol. The standard InChI is InChI=1S/C26H31FN4O4/c27-21-8-6-19(7-9-21)22-17-23(24-5-2-14-35-24)31(28-22)25(32)18-30(26(33)20-3-1-4-20)11-10-29-12-15-34-16-13-29/h2,5-9,14,20,23H,1,3-4,10-13,15-18H2/t23-/m1/s1. The van der Waals surface area contributed by atoms with Crippen molar-refractivity contribution in [2.75, 3.05) is 45.9 Å². The number of rotatable bonds is 8. The largest absolute Gasteiger partial charge is 0.467 e. The van der Waals surface area contributed by atoms with Crippen LogP contribution in [0.15, 0.2) is 52.2 Å². The Hall–Kier alpha value is -3.04. The Morgan fingerprint density at radius 2 is 1.89 bits per heavy atom. The van der Waals surface area contributed by atoms with Crippen molar-refractivity contribution in [3.63, 3.8) is 0 Å². The molecule has 1 aromatic carbocycles. The van der Waals surface area contributed by atoms with E-state index in [1.807, 2.05) is 6.07 Å². The van der Waals surface area contributed by atoms with E-state index in [0.29, 0.717) is 44.2 Å². The minimum atomic E-state index is -0.405. The molecule has 9 heteroatoms. The SMILES string of the molecule is O=C(C1CCC1)N(CCN1CCOCC1)CC(=O)N1N=C(c2ccc(F)cc2)C[C@@H]1c1ccco1. The number of morpholine rings is 1. The summed E-state index contributed by atoms with van der Waals surface area (Å²) in [6.07, 6.45) is 4.84. The summed E-state index contributed by atoms with van der Waals surface area (Å²) < 4.78 is 24.5. The van der Waals surface area contributed by atoms with Gasteiger partial charge in [-0.1, -0.05) is 18.6 Å². The van der Waals surface area contributed by atoms with Gasteiger partial charge in [0.15, 0.2) is 0 Å². The highest BCUT2D eigenvalue weighted by Crippen LogP contribution is 2.34.